The minimum absolute atomic E-state index is 0.0470. The summed E-state index contributed by atoms with van der Waals surface area (Å²) in [6, 6.07) is 8.13. The van der Waals surface area contributed by atoms with Crippen LogP contribution in [0.3, 0.4) is 0 Å². The van der Waals surface area contributed by atoms with Gasteiger partial charge in [-0.1, -0.05) is 49.9 Å². The number of carbonyl (C=O) groups excluding carboxylic acids is 6. The van der Waals surface area contributed by atoms with E-state index in [1.165, 1.54) is 119 Å². The van der Waals surface area contributed by atoms with Crippen molar-refractivity contribution in [3.05, 3.63) is 205 Å². The van der Waals surface area contributed by atoms with E-state index in [9.17, 15) is 70.7 Å². The standard InChI is InChI=1S/C23H21FN6O5S.C22H19FN6O5S.C13H12N6O3S.C9H8BrFO2/c1-12-18-20(33)29(15-6-9-27(2)19(15)32)23(34)28(22(18)36-21(12)30-25-7-8-26-30)11-16(31)14-10-13(24)4-5-17(14)35-3;1-11-17-19(32)28(14-5-6-24-18(14)31)22(33)27(21(17)35-20(11)29-25-7-8-26-29)10-15(30)13-9-12(23)3-4-16(13)34-2;1-6-8-10(23-12(6)19-15-4-5-16-19)17-13(22)18(11(8)21)7-2-3-14-9(7)20;1-13-9-3-2-6(11)4-7(9)8(12)5-10/h4-5,7-8,10,15H,6,9,11H2,1-3H3;3-4,7-9,14H,5-6,10H2,1-2H3,(H,24,31);4-5,7H,2-3H2,1H3,(H,14,20)(H,17,22);2-4H,5H2,1H3/t15-;14-;7-;/m111./s1. The Hall–Kier alpha value is -11.9. The van der Waals surface area contributed by atoms with Crippen molar-refractivity contribution in [3.63, 3.8) is 0 Å². The zero-order valence-corrected chi connectivity index (χ0v) is 61.4. The summed E-state index contributed by atoms with van der Waals surface area (Å²) < 4.78 is 61.0. The van der Waals surface area contributed by atoms with Crippen LogP contribution in [-0.2, 0) is 27.5 Å². The number of nitrogens with one attached hydrogen (secondary N) is 3. The number of amides is 3. The number of fused-ring (bicyclic) bond motifs is 3. The fourth-order valence-electron chi connectivity index (χ4n) is 12.5. The Balaban J connectivity index is 0.000000141. The number of aromatic amines is 1. The van der Waals surface area contributed by atoms with Gasteiger partial charge in [-0.2, -0.15) is 30.6 Å². The molecule has 107 heavy (non-hydrogen) atoms. The number of rotatable bonds is 17. The molecule has 3 atom stereocenters. The number of hydrogen-bond donors (Lipinski definition) is 3. The van der Waals surface area contributed by atoms with Gasteiger partial charge in [-0.05, 0) is 94.6 Å². The van der Waals surface area contributed by atoms with Crippen LogP contribution in [0.5, 0.6) is 17.2 Å². The first-order valence-electron chi connectivity index (χ1n) is 32.2. The normalized spacial score (nSPS) is 15.4. The number of likely N-dealkylation sites (N-methyl/N-ethyl adjacent to an activating group) is 1. The number of methoxy groups -OCH3 is 3. The van der Waals surface area contributed by atoms with Crippen molar-refractivity contribution in [1.29, 1.82) is 0 Å². The molecule has 0 aliphatic carbocycles. The highest BCUT2D eigenvalue weighted by atomic mass is 79.9. The summed E-state index contributed by atoms with van der Waals surface area (Å²) >= 11 is 6.38. The molecule has 12 aromatic rings. The predicted octanol–water partition coefficient (Wildman–Crippen LogP) is 4.87. The molecule has 3 N–H and O–H groups in total. The van der Waals surface area contributed by atoms with Crippen LogP contribution in [0, 0.1) is 38.2 Å². The maximum Gasteiger partial charge on any atom is 0.333 e. The first-order valence-corrected chi connectivity index (χ1v) is 35.8. The van der Waals surface area contributed by atoms with Crippen molar-refractivity contribution in [1.82, 2.24) is 88.3 Å². The van der Waals surface area contributed by atoms with Crippen LogP contribution in [0.2, 0.25) is 0 Å². The maximum absolute atomic E-state index is 14.0. The highest BCUT2D eigenvalue weighted by Gasteiger charge is 2.37. The van der Waals surface area contributed by atoms with E-state index in [1.54, 1.807) is 27.8 Å². The first kappa shape index (κ1) is 74.8. The smallest absolute Gasteiger partial charge is 0.333 e. The van der Waals surface area contributed by atoms with Gasteiger partial charge in [0.2, 0.25) is 17.7 Å². The molecule has 554 valence electrons. The molecule has 3 aromatic carbocycles. The lowest BCUT2D eigenvalue weighted by Crippen LogP contribution is -2.44. The molecule has 40 heteroatoms. The Labute approximate surface area is 618 Å². The van der Waals surface area contributed by atoms with E-state index in [0.29, 0.717) is 73.7 Å². The molecular weight excluding hydrogens is 1530 g/mol. The number of ether oxygens (including phenoxy) is 3. The van der Waals surface area contributed by atoms with Crippen molar-refractivity contribution in [2.24, 2.45) is 0 Å². The minimum atomic E-state index is -1.00. The van der Waals surface area contributed by atoms with Crippen molar-refractivity contribution in [2.75, 3.05) is 53.3 Å². The Kier molecular flexibility index (Phi) is 21.7. The van der Waals surface area contributed by atoms with Crippen molar-refractivity contribution in [3.8, 4) is 32.3 Å². The largest absolute Gasteiger partial charge is 0.496 e. The van der Waals surface area contributed by atoms with Crippen LogP contribution in [0.25, 0.3) is 45.7 Å². The van der Waals surface area contributed by atoms with Gasteiger partial charge in [-0.3, -0.25) is 57.3 Å². The fourth-order valence-corrected chi connectivity index (χ4v) is 16.3. The van der Waals surface area contributed by atoms with Gasteiger partial charge < -0.3 is 29.7 Å². The van der Waals surface area contributed by atoms with E-state index >= 15 is 0 Å². The zero-order chi connectivity index (χ0) is 76.6. The predicted molar refractivity (Wildman–Crippen MR) is 387 cm³/mol. The molecule has 0 spiro atoms. The summed E-state index contributed by atoms with van der Waals surface area (Å²) in [6.07, 6.45) is 9.91. The van der Waals surface area contributed by atoms with Crippen LogP contribution in [0.15, 0.2) is 121 Å². The third-order valence-electron chi connectivity index (χ3n) is 17.7. The first-order chi connectivity index (χ1) is 51.3. The second kappa shape index (κ2) is 31.0. The summed E-state index contributed by atoms with van der Waals surface area (Å²) in [6.45, 7) is 5.31. The quantitative estimate of drug-likeness (QED) is 0.0808. The number of alkyl halides is 1. The third-order valence-corrected chi connectivity index (χ3v) is 22.0. The number of H-pyrrole nitrogens is 1. The van der Waals surface area contributed by atoms with Crippen LogP contribution in [0.4, 0.5) is 13.2 Å². The number of Topliss-reactive ketones (excluding diaryl/α,β-unsaturated/α-hetero) is 3. The Morgan fingerprint density at radius 2 is 0.869 bits per heavy atom. The van der Waals surface area contributed by atoms with Gasteiger partial charge in [0.25, 0.3) is 16.7 Å². The number of halogens is 4. The molecule has 3 fully saturated rings. The molecule has 3 amide bonds. The number of nitrogens with zero attached hydrogens (tertiary/aromatic N) is 15. The van der Waals surface area contributed by atoms with E-state index in [0.717, 1.165) is 69.8 Å². The molecule has 33 nitrogen and oxygen atoms in total. The number of hydrogen-bond acceptors (Lipinski definition) is 24. The van der Waals surface area contributed by atoms with Gasteiger partial charge in [-0.25, -0.2) is 41.3 Å². The van der Waals surface area contributed by atoms with Gasteiger partial charge in [0, 0.05) is 43.4 Å². The van der Waals surface area contributed by atoms with Crippen LogP contribution < -0.4 is 58.6 Å². The van der Waals surface area contributed by atoms with E-state index in [-0.39, 0.29) is 84.4 Å². The monoisotopic (exact) mass is 1590 g/mol. The summed E-state index contributed by atoms with van der Waals surface area (Å²) in [5.74, 6) is -3.54. The summed E-state index contributed by atoms with van der Waals surface area (Å²) in [5.41, 5.74) is -2.05. The average molecular weight is 1590 g/mol. The van der Waals surface area contributed by atoms with E-state index in [4.69, 9.17) is 14.2 Å². The lowest BCUT2D eigenvalue weighted by molar-refractivity contribution is -0.129. The molecule has 9 aromatic heterocycles. The number of aryl methyl sites for hydroxylation is 3. The summed E-state index contributed by atoms with van der Waals surface area (Å²) in [7, 11) is 5.74. The molecule has 0 radical (unpaired) electrons. The lowest BCUT2D eigenvalue weighted by atomic mass is 10.1. The Morgan fingerprint density at radius 1 is 0.505 bits per heavy atom. The Bertz CT molecular complexity index is 5940. The molecule has 0 bridgehead atoms. The molecule has 12 heterocycles. The minimum Gasteiger partial charge on any atom is -0.496 e. The van der Waals surface area contributed by atoms with Gasteiger partial charge in [0.15, 0.2) is 17.3 Å². The number of aromatic nitrogens is 15. The molecule has 3 aliphatic heterocycles. The van der Waals surface area contributed by atoms with Gasteiger partial charge in [0.1, 0.15) is 82.3 Å². The number of ketones is 3. The highest BCUT2D eigenvalue weighted by molar-refractivity contribution is 9.09. The van der Waals surface area contributed by atoms with Crippen molar-refractivity contribution < 1.29 is 56.1 Å². The third kappa shape index (κ3) is 14.2. The topological polar surface area (TPSA) is 392 Å². The van der Waals surface area contributed by atoms with Crippen molar-refractivity contribution >= 4 is 116 Å². The van der Waals surface area contributed by atoms with E-state index in [1.807, 2.05) is 0 Å². The number of thiophene rings is 3. The second-order valence-electron chi connectivity index (χ2n) is 24.0. The van der Waals surface area contributed by atoms with E-state index in [2.05, 4.69) is 62.1 Å². The SMILES string of the molecule is COc1ccc(F)cc1C(=O)CBr.COc1ccc(F)cc1C(=O)Cn1c(=O)n([C@@H]2CCN(C)C2=O)c(=O)c2c(C)c(-n3nccn3)sc21.COc1ccc(F)cc1C(=O)Cn1c(=O)n([C@@H]2CCNC2=O)c(=O)c2c(C)c(-n3nccn3)sc21.Cc1c(-n2nccn2)sc2[nH]c(=O)n([C@@H]3CCNC3=O)c(=O)c12. The van der Waals surface area contributed by atoms with Gasteiger partial charge in [0.05, 0.1) is 110 Å². The number of likely N-dealkylation sites (tertiary alicyclic amines) is 1. The molecule has 3 aliphatic rings. The van der Waals surface area contributed by atoms with Crippen LogP contribution in [0.1, 0.15) is 85.2 Å². The average Bonchev–Trinajstić information content (AvgIpc) is 1.60. The molecule has 3 saturated heterocycles. The highest BCUT2D eigenvalue weighted by Crippen LogP contribution is 2.35. The van der Waals surface area contributed by atoms with Crippen LogP contribution >= 0.6 is 49.9 Å². The second-order valence-corrected chi connectivity index (χ2v) is 27.5. The summed E-state index contributed by atoms with van der Waals surface area (Å²) in [5, 5.41) is 32.4. The van der Waals surface area contributed by atoms with Gasteiger partial charge >= 0.3 is 17.1 Å². The number of benzene rings is 3. The van der Waals surface area contributed by atoms with Crippen molar-refractivity contribution in [2.45, 2.75) is 71.2 Å². The van der Waals surface area contributed by atoms with Crippen LogP contribution in [-0.4, -0.2) is 166 Å². The molecule has 0 unspecified atom stereocenters. The number of carbonyl (C=O) groups is 6. The summed E-state index contributed by atoms with van der Waals surface area (Å²) in [4.78, 5) is 163. The Morgan fingerprint density at radius 3 is 1.23 bits per heavy atom. The zero-order valence-electron chi connectivity index (χ0n) is 57.3. The van der Waals surface area contributed by atoms with E-state index < -0.39 is 99.9 Å². The van der Waals surface area contributed by atoms with Gasteiger partial charge in [-0.15, -0.1) is 14.4 Å². The fraction of sp³-hybridized carbons (Fsp3) is 0.284. The lowest BCUT2D eigenvalue weighted by Gasteiger charge is -2.16. The molecular formula is C67H60BrF3N18O15S3. The maximum atomic E-state index is 14.0. The molecule has 0 saturated carbocycles. The molecule has 15 rings (SSSR count).